The van der Waals surface area contributed by atoms with Gasteiger partial charge in [-0.15, -0.1) is 4.65 Å². The first-order valence-electron chi connectivity index (χ1n) is 5.28. The third-order valence-electron chi connectivity index (χ3n) is 3.14. The predicted octanol–water partition coefficient (Wildman–Crippen LogP) is 2.06. The number of hydrogen-bond donors (Lipinski definition) is 0. The summed E-state index contributed by atoms with van der Waals surface area (Å²) in [6, 6.07) is 10.2. The monoisotopic (exact) mass is 206 g/mol. The van der Waals surface area contributed by atoms with E-state index < -0.39 is 0 Å². The predicted molar refractivity (Wildman–Crippen MR) is 56.6 cm³/mol. The Morgan fingerprint density at radius 1 is 1.40 bits per heavy atom. The molecule has 1 aliphatic rings. The number of hydrogen-bond acceptors (Lipinski definition) is 2. The summed E-state index contributed by atoms with van der Waals surface area (Å²) in [5, 5.41) is 0. The Bertz CT molecular complexity index is 363. The van der Waals surface area contributed by atoms with E-state index in [1.807, 2.05) is 32.2 Å². The maximum Gasteiger partial charge on any atom is 0.373 e. The number of rotatable bonds is 2. The molecular weight excluding hydrogens is 190 g/mol. The number of benzene rings is 1. The van der Waals surface area contributed by atoms with E-state index in [0.29, 0.717) is 11.1 Å². The highest BCUT2D eigenvalue weighted by atomic mass is 16.8. The fraction of sp³-hybridized carbons (Fsp3) is 0.417. The van der Waals surface area contributed by atoms with Crippen LogP contribution in [0, 0.1) is 0 Å². The highest BCUT2D eigenvalue weighted by Gasteiger charge is 2.46. The van der Waals surface area contributed by atoms with Gasteiger partial charge in [-0.2, -0.15) is 0 Å². The van der Waals surface area contributed by atoms with Gasteiger partial charge in [-0.25, -0.2) is 4.79 Å². The molecule has 0 N–H and O–H groups in total. The Morgan fingerprint density at radius 3 is 2.67 bits per heavy atom. The van der Waals surface area contributed by atoms with Crippen LogP contribution < -0.4 is 0 Å². The zero-order valence-electron chi connectivity index (χ0n) is 9.14. The molecular formula is C12H16NO2+. The molecule has 0 amide bonds. The smallest absolute Gasteiger partial charge is 0.276 e. The lowest BCUT2D eigenvalue weighted by Crippen LogP contribution is -2.41. The molecule has 1 heterocycles. The topological polar surface area (TPSA) is 26.3 Å². The maximum absolute atomic E-state index is 11.4. The third kappa shape index (κ3) is 1.75. The molecule has 0 aromatic heterocycles. The van der Waals surface area contributed by atoms with E-state index in [1.54, 1.807) is 0 Å². The molecule has 0 spiro atoms. The standard InChI is InChI=1S/C12H16NO2/c1-3-13(2)11(9-12(14)15-13)10-7-5-4-6-8-10/h4-8,11H,3,9H2,1-2H3/q+1. The average molecular weight is 206 g/mol. The van der Waals surface area contributed by atoms with Gasteiger partial charge in [0.05, 0.1) is 0 Å². The summed E-state index contributed by atoms with van der Waals surface area (Å²) in [6.45, 7) is 2.83. The van der Waals surface area contributed by atoms with Crippen LogP contribution in [-0.4, -0.2) is 24.2 Å². The largest absolute Gasteiger partial charge is 0.373 e. The second-order valence-corrected chi connectivity index (χ2v) is 4.08. The van der Waals surface area contributed by atoms with Crippen LogP contribution in [0.2, 0.25) is 0 Å². The summed E-state index contributed by atoms with van der Waals surface area (Å²) >= 11 is 0. The summed E-state index contributed by atoms with van der Waals surface area (Å²) in [5.41, 5.74) is 1.17. The first-order chi connectivity index (χ1) is 7.15. The number of quaternary nitrogens is 1. The van der Waals surface area contributed by atoms with Crippen molar-refractivity contribution in [1.82, 2.24) is 0 Å². The van der Waals surface area contributed by atoms with Gasteiger partial charge >= 0.3 is 5.97 Å². The zero-order valence-corrected chi connectivity index (χ0v) is 9.14. The molecule has 0 saturated carbocycles. The molecule has 2 atom stereocenters. The Morgan fingerprint density at radius 2 is 2.07 bits per heavy atom. The lowest BCUT2D eigenvalue weighted by atomic mass is 10.0. The Labute approximate surface area is 89.8 Å². The van der Waals surface area contributed by atoms with Crippen molar-refractivity contribution in [3.63, 3.8) is 0 Å². The van der Waals surface area contributed by atoms with Crippen molar-refractivity contribution in [1.29, 1.82) is 0 Å². The molecule has 0 bridgehead atoms. The molecule has 1 aromatic rings. The molecule has 2 rings (SSSR count). The maximum atomic E-state index is 11.4. The number of hydroxylamine groups is 3. The van der Waals surface area contributed by atoms with Gasteiger partial charge < -0.3 is 0 Å². The lowest BCUT2D eigenvalue weighted by molar-refractivity contribution is -1.09. The van der Waals surface area contributed by atoms with Gasteiger partial charge in [0.2, 0.25) is 0 Å². The summed E-state index contributed by atoms with van der Waals surface area (Å²) in [6.07, 6.45) is 0.481. The van der Waals surface area contributed by atoms with Gasteiger partial charge in [0.25, 0.3) is 0 Å². The van der Waals surface area contributed by atoms with Crippen LogP contribution in [0.1, 0.15) is 24.9 Å². The molecule has 3 heteroatoms. The number of nitrogens with zero attached hydrogens (tertiary/aromatic N) is 1. The number of carbonyl (C=O) groups excluding carboxylic acids is 1. The highest BCUT2D eigenvalue weighted by molar-refractivity contribution is 5.70. The van der Waals surface area contributed by atoms with Crippen molar-refractivity contribution in [2.24, 2.45) is 0 Å². The van der Waals surface area contributed by atoms with Crippen molar-refractivity contribution in [2.75, 3.05) is 13.6 Å². The second kappa shape index (κ2) is 3.66. The molecule has 2 unspecified atom stereocenters. The van der Waals surface area contributed by atoms with Gasteiger partial charge in [0.15, 0.2) is 6.04 Å². The molecule has 15 heavy (non-hydrogen) atoms. The van der Waals surface area contributed by atoms with E-state index in [9.17, 15) is 4.79 Å². The van der Waals surface area contributed by atoms with Crippen molar-refractivity contribution < 1.29 is 14.3 Å². The third-order valence-corrected chi connectivity index (χ3v) is 3.14. The van der Waals surface area contributed by atoms with Crippen LogP contribution in [0.15, 0.2) is 30.3 Å². The molecule has 1 aromatic carbocycles. The minimum Gasteiger partial charge on any atom is -0.276 e. The van der Waals surface area contributed by atoms with E-state index in [0.717, 1.165) is 6.54 Å². The van der Waals surface area contributed by atoms with Crippen LogP contribution in [-0.2, 0) is 9.63 Å². The van der Waals surface area contributed by atoms with Crippen LogP contribution in [0.4, 0.5) is 0 Å². The van der Waals surface area contributed by atoms with Crippen molar-refractivity contribution in [3.8, 4) is 0 Å². The highest BCUT2D eigenvalue weighted by Crippen LogP contribution is 2.36. The first kappa shape index (κ1) is 10.2. The molecule has 0 aliphatic carbocycles. The molecule has 1 fully saturated rings. The van der Waals surface area contributed by atoms with Gasteiger partial charge in [-0.3, -0.25) is 4.84 Å². The summed E-state index contributed by atoms with van der Waals surface area (Å²) in [7, 11) is 1.96. The molecule has 1 aliphatic heterocycles. The Balaban J connectivity index is 2.33. The van der Waals surface area contributed by atoms with Crippen molar-refractivity contribution in [3.05, 3.63) is 35.9 Å². The average Bonchev–Trinajstić information content (AvgIpc) is 2.56. The van der Waals surface area contributed by atoms with Crippen LogP contribution in [0.25, 0.3) is 0 Å². The number of carbonyl (C=O) groups is 1. The minimum atomic E-state index is -0.104. The van der Waals surface area contributed by atoms with Crippen LogP contribution in [0.5, 0.6) is 0 Å². The molecule has 1 saturated heterocycles. The van der Waals surface area contributed by atoms with Crippen molar-refractivity contribution in [2.45, 2.75) is 19.4 Å². The summed E-state index contributed by atoms with van der Waals surface area (Å²) in [4.78, 5) is 16.7. The van der Waals surface area contributed by atoms with E-state index in [1.165, 1.54) is 5.56 Å². The molecule has 3 nitrogen and oxygen atoms in total. The van der Waals surface area contributed by atoms with E-state index in [4.69, 9.17) is 4.84 Å². The lowest BCUT2D eigenvalue weighted by Gasteiger charge is -2.29. The van der Waals surface area contributed by atoms with E-state index >= 15 is 0 Å². The Hall–Kier alpha value is -1.35. The zero-order chi connectivity index (χ0) is 10.9. The second-order valence-electron chi connectivity index (χ2n) is 4.08. The Kier molecular flexibility index (Phi) is 2.49. The fourth-order valence-electron chi connectivity index (χ4n) is 2.08. The van der Waals surface area contributed by atoms with Gasteiger partial charge in [-0.1, -0.05) is 30.3 Å². The minimum absolute atomic E-state index is 0.104. The van der Waals surface area contributed by atoms with Crippen molar-refractivity contribution >= 4 is 5.97 Å². The SMILES string of the molecule is CC[N+]1(C)OC(=O)CC1c1ccccc1. The van der Waals surface area contributed by atoms with Gasteiger partial charge in [0.1, 0.15) is 20.0 Å². The van der Waals surface area contributed by atoms with Gasteiger partial charge in [-0.05, 0) is 6.92 Å². The molecule has 0 radical (unpaired) electrons. The quantitative estimate of drug-likeness (QED) is 0.692. The van der Waals surface area contributed by atoms with Crippen LogP contribution >= 0.6 is 0 Å². The van der Waals surface area contributed by atoms with Crippen LogP contribution in [0.3, 0.4) is 0 Å². The molecule has 80 valence electrons. The van der Waals surface area contributed by atoms with E-state index in [-0.39, 0.29) is 12.0 Å². The van der Waals surface area contributed by atoms with Gasteiger partial charge in [0, 0.05) is 5.56 Å². The normalized spacial score (nSPS) is 30.3. The summed E-state index contributed by atoms with van der Waals surface area (Å²) < 4.78 is 0.364. The summed E-state index contributed by atoms with van der Waals surface area (Å²) in [5.74, 6) is -0.104. The fourth-order valence-corrected chi connectivity index (χ4v) is 2.08. The first-order valence-corrected chi connectivity index (χ1v) is 5.28. The van der Waals surface area contributed by atoms with E-state index in [2.05, 4.69) is 12.1 Å².